The van der Waals surface area contributed by atoms with Crippen LogP contribution in [0, 0.1) is 0 Å². The number of nitrogens with zero attached hydrogens (tertiary/aromatic N) is 4. The maximum absolute atomic E-state index is 12.8. The van der Waals surface area contributed by atoms with Crippen molar-refractivity contribution in [2.24, 2.45) is 7.05 Å². The minimum Gasteiger partial charge on any atom is -0.490 e. The fourth-order valence-electron chi connectivity index (χ4n) is 3.79. The number of alkyl halides is 2. The van der Waals surface area contributed by atoms with Gasteiger partial charge in [-0.15, -0.1) is 0 Å². The summed E-state index contributed by atoms with van der Waals surface area (Å²) in [6, 6.07) is 8.99. The van der Waals surface area contributed by atoms with Gasteiger partial charge in [-0.25, -0.2) is 13.8 Å². The first kappa shape index (κ1) is 19.6. The van der Waals surface area contributed by atoms with Gasteiger partial charge in [0, 0.05) is 44.3 Å². The molecule has 0 N–H and O–H groups in total. The molecule has 1 aliphatic heterocycles. The molecular weight excluding hydrogens is 378 g/mol. The Labute approximate surface area is 167 Å². The predicted molar refractivity (Wildman–Crippen MR) is 106 cm³/mol. The van der Waals surface area contributed by atoms with Gasteiger partial charge in [-0.1, -0.05) is 6.07 Å². The Balaban J connectivity index is 1.38. The van der Waals surface area contributed by atoms with Crippen LogP contribution in [0.4, 0.5) is 8.78 Å². The van der Waals surface area contributed by atoms with Gasteiger partial charge in [0.2, 0.25) is 0 Å². The summed E-state index contributed by atoms with van der Waals surface area (Å²) in [7, 11) is 1.68. The zero-order valence-corrected chi connectivity index (χ0v) is 16.3. The summed E-state index contributed by atoms with van der Waals surface area (Å²) >= 11 is 0. The molecule has 3 heterocycles. The standard InChI is InChI=1S/C21H24F2N4O2/c1-25-14-24-15(11-21(25)28)12-26-8-5-16(6-9-26)29-19-4-2-3-18-17(19)7-10-27(18)13-20(22)23/h2-4,7,10-11,14,16,20H,5-6,8-9,12-13H2,1H3. The van der Waals surface area contributed by atoms with Crippen LogP contribution in [0.15, 0.2) is 47.7 Å². The third kappa shape index (κ3) is 4.48. The molecule has 0 amide bonds. The molecule has 3 aromatic rings. The summed E-state index contributed by atoms with van der Waals surface area (Å²) < 4.78 is 34.8. The number of fused-ring (bicyclic) bond motifs is 1. The van der Waals surface area contributed by atoms with Crippen molar-refractivity contribution < 1.29 is 13.5 Å². The summed E-state index contributed by atoms with van der Waals surface area (Å²) in [6.45, 7) is 2.03. The number of benzene rings is 1. The second-order valence-corrected chi connectivity index (χ2v) is 7.47. The highest BCUT2D eigenvalue weighted by atomic mass is 19.3. The van der Waals surface area contributed by atoms with Gasteiger partial charge >= 0.3 is 0 Å². The predicted octanol–water partition coefficient (Wildman–Crippen LogP) is 3.04. The van der Waals surface area contributed by atoms with E-state index < -0.39 is 6.43 Å². The van der Waals surface area contributed by atoms with Crippen LogP contribution in [0.5, 0.6) is 5.75 Å². The number of hydrogen-bond acceptors (Lipinski definition) is 4. The Bertz CT molecular complexity index is 1040. The van der Waals surface area contributed by atoms with Crippen molar-refractivity contribution in [2.75, 3.05) is 13.1 Å². The maximum atomic E-state index is 12.8. The Morgan fingerprint density at radius 1 is 1.24 bits per heavy atom. The summed E-state index contributed by atoms with van der Waals surface area (Å²) in [5, 5.41) is 0.861. The lowest BCUT2D eigenvalue weighted by molar-refractivity contribution is 0.0972. The molecular formula is C21H24F2N4O2. The highest BCUT2D eigenvalue weighted by Gasteiger charge is 2.22. The zero-order chi connectivity index (χ0) is 20.4. The molecule has 1 aromatic carbocycles. The minimum absolute atomic E-state index is 0.0555. The topological polar surface area (TPSA) is 52.3 Å². The average Bonchev–Trinajstić information content (AvgIpc) is 3.10. The van der Waals surface area contributed by atoms with E-state index in [2.05, 4.69) is 9.88 Å². The van der Waals surface area contributed by atoms with Crippen LogP contribution in [0.3, 0.4) is 0 Å². The lowest BCUT2D eigenvalue weighted by Gasteiger charge is -2.32. The van der Waals surface area contributed by atoms with Crippen LogP contribution >= 0.6 is 0 Å². The van der Waals surface area contributed by atoms with Crippen LogP contribution in [0.25, 0.3) is 10.9 Å². The molecule has 1 saturated heterocycles. The maximum Gasteiger partial charge on any atom is 0.256 e. The van der Waals surface area contributed by atoms with Gasteiger partial charge < -0.3 is 13.9 Å². The first-order valence-corrected chi connectivity index (χ1v) is 9.76. The molecule has 0 bridgehead atoms. The number of piperidine rings is 1. The van der Waals surface area contributed by atoms with E-state index in [0.717, 1.165) is 48.3 Å². The molecule has 0 radical (unpaired) electrons. The van der Waals surface area contributed by atoms with E-state index in [0.29, 0.717) is 6.54 Å². The van der Waals surface area contributed by atoms with Crippen LogP contribution in [0.2, 0.25) is 0 Å². The van der Waals surface area contributed by atoms with Gasteiger partial charge in [-0.3, -0.25) is 9.69 Å². The third-order valence-corrected chi connectivity index (χ3v) is 5.36. The van der Waals surface area contributed by atoms with E-state index in [-0.39, 0.29) is 18.2 Å². The van der Waals surface area contributed by atoms with Gasteiger partial charge in [0.25, 0.3) is 12.0 Å². The normalized spacial score (nSPS) is 16.0. The quantitative estimate of drug-likeness (QED) is 0.636. The molecule has 1 fully saturated rings. The van der Waals surface area contributed by atoms with Crippen LogP contribution in [0.1, 0.15) is 18.5 Å². The molecule has 0 aliphatic carbocycles. The molecule has 0 unspecified atom stereocenters. The van der Waals surface area contributed by atoms with E-state index in [1.54, 1.807) is 30.2 Å². The third-order valence-electron chi connectivity index (χ3n) is 5.36. The van der Waals surface area contributed by atoms with E-state index in [9.17, 15) is 13.6 Å². The molecule has 6 nitrogen and oxygen atoms in total. The van der Waals surface area contributed by atoms with E-state index >= 15 is 0 Å². The Kier molecular flexibility index (Phi) is 5.62. The van der Waals surface area contributed by atoms with Gasteiger partial charge in [0.15, 0.2) is 0 Å². The summed E-state index contributed by atoms with van der Waals surface area (Å²) in [6.07, 6.45) is 2.64. The monoisotopic (exact) mass is 402 g/mol. The van der Waals surface area contributed by atoms with Crippen molar-refractivity contribution in [1.82, 2.24) is 19.0 Å². The van der Waals surface area contributed by atoms with Crippen LogP contribution in [-0.4, -0.2) is 44.6 Å². The Morgan fingerprint density at radius 2 is 2.03 bits per heavy atom. The molecule has 4 rings (SSSR count). The summed E-state index contributed by atoms with van der Waals surface area (Å²) in [4.78, 5) is 18.3. The molecule has 29 heavy (non-hydrogen) atoms. The van der Waals surface area contributed by atoms with Crippen molar-refractivity contribution in [1.29, 1.82) is 0 Å². The first-order chi connectivity index (χ1) is 14.0. The number of aromatic nitrogens is 3. The molecule has 8 heteroatoms. The average molecular weight is 402 g/mol. The Morgan fingerprint density at radius 3 is 2.76 bits per heavy atom. The molecule has 154 valence electrons. The van der Waals surface area contributed by atoms with Crippen molar-refractivity contribution in [3.63, 3.8) is 0 Å². The lowest BCUT2D eigenvalue weighted by atomic mass is 10.1. The van der Waals surface area contributed by atoms with Crippen LogP contribution in [-0.2, 0) is 20.1 Å². The van der Waals surface area contributed by atoms with E-state index in [1.165, 1.54) is 4.57 Å². The van der Waals surface area contributed by atoms with Crippen LogP contribution < -0.4 is 10.3 Å². The number of halogens is 2. The molecule has 0 atom stereocenters. The lowest BCUT2D eigenvalue weighted by Crippen LogP contribution is -2.38. The highest BCUT2D eigenvalue weighted by Crippen LogP contribution is 2.29. The van der Waals surface area contributed by atoms with Gasteiger partial charge in [-0.05, 0) is 31.0 Å². The minimum atomic E-state index is -2.39. The first-order valence-electron chi connectivity index (χ1n) is 9.76. The molecule has 2 aromatic heterocycles. The Hall–Kier alpha value is -2.74. The van der Waals surface area contributed by atoms with E-state index in [4.69, 9.17) is 4.74 Å². The fourth-order valence-corrected chi connectivity index (χ4v) is 3.79. The summed E-state index contributed by atoms with van der Waals surface area (Å²) in [5.41, 5.74) is 1.48. The zero-order valence-electron chi connectivity index (χ0n) is 16.3. The SMILES string of the molecule is Cn1cnc(CN2CCC(Oc3cccc4c3ccn4CC(F)F)CC2)cc1=O. The number of hydrogen-bond donors (Lipinski definition) is 0. The summed E-state index contributed by atoms with van der Waals surface area (Å²) in [5.74, 6) is 0.738. The van der Waals surface area contributed by atoms with Crippen molar-refractivity contribution in [2.45, 2.75) is 38.5 Å². The molecule has 1 aliphatic rings. The number of rotatable bonds is 6. The van der Waals surface area contributed by atoms with Gasteiger partial charge in [0.1, 0.15) is 11.9 Å². The van der Waals surface area contributed by atoms with E-state index in [1.807, 2.05) is 24.3 Å². The largest absolute Gasteiger partial charge is 0.490 e. The van der Waals surface area contributed by atoms with Crippen molar-refractivity contribution >= 4 is 10.9 Å². The second kappa shape index (κ2) is 8.32. The highest BCUT2D eigenvalue weighted by molar-refractivity contribution is 5.86. The fraction of sp³-hybridized carbons (Fsp3) is 0.429. The number of aryl methyl sites for hydroxylation is 1. The molecule has 0 saturated carbocycles. The number of likely N-dealkylation sites (tertiary alicyclic amines) is 1. The van der Waals surface area contributed by atoms with Crippen molar-refractivity contribution in [3.8, 4) is 5.75 Å². The molecule has 0 spiro atoms. The van der Waals surface area contributed by atoms with Crippen molar-refractivity contribution in [3.05, 3.63) is 58.9 Å². The van der Waals surface area contributed by atoms with Gasteiger partial charge in [0.05, 0.1) is 24.1 Å². The second-order valence-electron chi connectivity index (χ2n) is 7.47. The number of ether oxygens (including phenoxy) is 1. The van der Waals surface area contributed by atoms with Gasteiger partial charge in [-0.2, -0.15) is 0 Å². The smallest absolute Gasteiger partial charge is 0.256 e.